The number of hydrogen-bond donors (Lipinski definition) is 0. The van der Waals surface area contributed by atoms with Crippen LogP contribution in [-0.2, 0) is 0 Å². The van der Waals surface area contributed by atoms with Gasteiger partial charge in [0.2, 0.25) is 0 Å². The highest BCUT2D eigenvalue weighted by atomic mass is 32.1. The Morgan fingerprint density at radius 3 is 2.46 bits per heavy atom. The van der Waals surface area contributed by atoms with Crippen LogP contribution >= 0.6 is 11.3 Å². The van der Waals surface area contributed by atoms with Crippen molar-refractivity contribution < 1.29 is 0 Å². The minimum atomic E-state index is 1.30. The summed E-state index contributed by atoms with van der Waals surface area (Å²) < 4.78 is 0. The lowest BCUT2D eigenvalue weighted by Crippen LogP contribution is -1.70. The lowest BCUT2D eigenvalue weighted by atomic mass is 10.1. The highest BCUT2D eigenvalue weighted by Crippen LogP contribution is 2.25. The molecule has 0 unspecified atom stereocenters. The number of rotatable bonds is 2. The molecule has 0 aliphatic rings. The van der Waals surface area contributed by atoms with Gasteiger partial charge in [0.15, 0.2) is 0 Å². The Labute approximate surface area is 82.9 Å². The van der Waals surface area contributed by atoms with E-state index in [9.17, 15) is 0 Å². The van der Waals surface area contributed by atoms with Crippen molar-refractivity contribution in [3.8, 4) is 11.1 Å². The summed E-state index contributed by atoms with van der Waals surface area (Å²) in [5.41, 5.74) is 2.62. The Balaban J connectivity index is 2.36. The Kier molecular flexibility index (Phi) is 2.46. The Hall–Kier alpha value is -1.08. The van der Waals surface area contributed by atoms with Crippen molar-refractivity contribution in [1.29, 1.82) is 0 Å². The highest BCUT2D eigenvalue weighted by molar-refractivity contribution is 7.10. The summed E-state index contributed by atoms with van der Waals surface area (Å²) in [6, 6.07) is 12.7. The molecule has 2 rings (SSSR count). The molecule has 0 nitrogen and oxygen atoms in total. The molecule has 0 bridgehead atoms. The molecular weight excluding hydrogens is 176 g/mol. The van der Waals surface area contributed by atoms with Crippen LogP contribution in [0, 0.1) is 6.42 Å². The smallest absolute Gasteiger partial charge is 0.00861 e. The first-order chi connectivity index (χ1) is 6.40. The average Bonchev–Trinajstić information content (AvgIpc) is 2.67. The van der Waals surface area contributed by atoms with Gasteiger partial charge in [-0.15, -0.1) is 11.3 Å². The van der Waals surface area contributed by atoms with Crippen LogP contribution in [0.15, 0.2) is 41.8 Å². The molecule has 0 saturated carbocycles. The maximum Gasteiger partial charge on any atom is 0.00861 e. The van der Waals surface area contributed by atoms with Gasteiger partial charge in [0.25, 0.3) is 0 Å². The largest absolute Gasteiger partial charge is 0.148 e. The van der Waals surface area contributed by atoms with Gasteiger partial charge >= 0.3 is 0 Å². The quantitative estimate of drug-likeness (QED) is 0.667. The predicted molar refractivity (Wildman–Crippen MR) is 58.8 cm³/mol. The van der Waals surface area contributed by atoms with Crippen LogP contribution in [0.2, 0.25) is 0 Å². The zero-order valence-corrected chi connectivity index (χ0v) is 8.34. The Morgan fingerprint density at radius 1 is 1.08 bits per heavy atom. The zero-order valence-electron chi connectivity index (χ0n) is 7.53. The topological polar surface area (TPSA) is 0 Å². The summed E-state index contributed by atoms with van der Waals surface area (Å²) in [6.07, 6.45) is 2.14. The van der Waals surface area contributed by atoms with Crippen LogP contribution in [-0.4, -0.2) is 0 Å². The van der Waals surface area contributed by atoms with Crippen molar-refractivity contribution in [1.82, 2.24) is 0 Å². The first-order valence-electron chi connectivity index (χ1n) is 4.33. The fourth-order valence-corrected chi connectivity index (χ4v) is 2.08. The normalized spacial score (nSPS) is 10.2. The second-order valence-electron chi connectivity index (χ2n) is 2.89. The van der Waals surface area contributed by atoms with Gasteiger partial charge in [0.1, 0.15) is 0 Å². The van der Waals surface area contributed by atoms with Crippen molar-refractivity contribution in [3.63, 3.8) is 0 Å². The lowest BCUT2D eigenvalue weighted by Gasteiger charge is -1.94. The van der Waals surface area contributed by atoms with E-state index in [4.69, 9.17) is 0 Å². The van der Waals surface area contributed by atoms with Crippen LogP contribution in [0.4, 0.5) is 0 Å². The van der Waals surface area contributed by atoms with E-state index >= 15 is 0 Å². The van der Waals surface area contributed by atoms with E-state index in [-0.39, 0.29) is 0 Å². The van der Waals surface area contributed by atoms with E-state index in [1.54, 1.807) is 11.3 Å². The van der Waals surface area contributed by atoms with Crippen molar-refractivity contribution in [2.45, 2.75) is 6.92 Å². The third kappa shape index (κ3) is 1.81. The number of thiophene rings is 1. The molecule has 1 heterocycles. The SMILES string of the molecule is C[CH]c1cc(-c2ccccc2)cs1. The van der Waals surface area contributed by atoms with Crippen molar-refractivity contribution in [2.75, 3.05) is 0 Å². The van der Waals surface area contributed by atoms with Crippen LogP contribution in [0.25, 0.3) is 11.1 Å². The summed E-state index contributed by atoms with van der Waals surface area (Å²) >= 11 is 1.79. The third-order valence-electron chi connectivity index (χ3n) is 2.01. The molecule has 0 spiro atoms. The van der Waals surface area contributed by atoms with E-state index in [1.807, 2.05) is 6.07 Å². The molecular formula is C12H11S. The fraction of sp³-hybridized carbons (Fsp3) is 0.0833. The van der Waals surface area contributed by atoms with Crippen molar-refractivity contribution in [2.24, 2.45) is 0 Å². The molecule has 0 aliphatic heterocycles. The van der Waals surface area contributed by atoms with E-state index in [0.29, 0.717) is 0 Å². The standard InChI is InChI=1S/C12H11S/c1-2-12-8-11(9-13-12)10-6-4-3-5-7-10/h2-9H,1H3. The van der Waals surface area contributed by atoms with Crippen LogP contribution in [0.3, 0.4) is 0 Å². The first kappa shape index (κ1) is 8.52. The second kappa shape index (κ2) is 3.75. The third-order valence-corrected chi connectivity index (χ3v) is 3.01. The van der Waals surface area contributed by atoms with Crippen molar-refractivity contribution >= 4 is 11.3 Å². The second-order valence-corrected chi connectivity index (χ2v) is 3.84. The van der Waals surface area contributed by atoms with Crippen LogP contribution in [0.5, 0.6) is 0 Å². The van der Waals surface area contributed by atoms with Crippen molar-refractivity contribution in [3.05, 3.63) is 53.1 Å². The molecule has 1 aromatic heterocycles. The number of benzene rings is 1. The van der Waals surface area contributed by atoms with Gasteiger partial charge < -0.3 is 0 Å². The molecule has 2 aromatic rings. The highest BCUT2D eigenvalue weighted by Gasteiger charge is 1.99. The maximum atomic E-state index is 2.22. The van der Waals surface area contributed by atoms with Crippen LogP contribution in [0.1, 0.15) is 11.8 Å². The monoisotopic (exact) mass is 187 g/mol. The molecule has 0 N–H and O–H groups in total. The summed E-state index contributed by atoms with van der Waals surface area (Å²) in [4.78, 5) is 1.33. The van der Waals surface area contributed by atoms with E-state index in [0.717, 1.165) is 0 Å². The molecule has 0 fully saturated rings. The summed E-state index contributed by atoms with van der Waals surface area (Å²) in [6.45, 7) is 2.07. The molecule has 1 aromatic carbocycles. The molecule has 65 valence electrons. The number of hydrogen-bond acceptors (Lipinski definition) is 1. The van der Waals surface area contributed by atoms with Gasteiger partial charge in [-0.05, 0) is 29.0 Å². The van der Waals surface area contributed by atoms with Gasteiger partial charge in [-0.1, -0.05) is 37.3 Å². The maximum absolute atomic E-state index is 2.22. The van der Waals surface area contributed by atoms with Gasteiger partial charge in [0.05, 0.1) is 0 Å². The van der Waals surface area contributed by atoms with Crippen LogP contribution < -0.4 is 0 Å². The van der Waals surface area contributed by atoms with Gasteiger partial charge in [-0.3, -0.25) is 0 Å². The molecule has 0 amide bonds. The molecule has 0 atom stereocenters. The predicted octanol–water partition coefficient (Wildman–Crippen LogP) is 3.99. The Bertz CT molecular complexity index is 373. The summed E-state index contributed by atoms with van der Waals surface area (Å²) in [5, 5.41) is 2.20. The summed E-state index contributed by atoms with van der Waals surface area (Å²) in [5.74, 6) is 0. The fourth-order valence-electron chi connectivity index (χ4n) is 1.29. The first-order valence-corrected chi connectivity index (χ1v) is 5.21. The van der Waals surface area contributed by atoms with E-state index in [2.05, 4.69) is 49.1 Å². The minimum absolute atomic E-state index is 1.30. The lowest BCUT2D eigenvalue weighted by molar-refractivity contribution is 1.51. The van der Waals surface area contributed by atoms with Gasteiger partial charge in [0, 0.05) is 4.88 Å². The molecule has 0 saturated heterocycles. The van der Waals surface area contributed by atoms with Gasteiger partial charge in [-0.2, -0.15) is 0 Å². The molecule has 1 radical (unpaired) electrons. The Morgan fingerprint density at radius 2 is 1.85 bits per heavy atom. The van der Waals surface area contributed by atoms with E-state index < -0.39 is 0 Å². The minimum Gasteiger partial charge on any atom is -0.148 e. The molecule has 1 heteroatoms. The molecule has 13 heavy (non-hydrogen) atoms. The zero-order chi connectivity index (χ0) is 9.10. The molecule has 0 aliphatic carbocycles. The summed E-state index contributed by atoms with van der Waals surface area (Å²) in [7, 11) is 0. The van der Waals surface area contributed by atoms with Gasteiger partial charge in [-0.25, -0.2) is 0 Å². The average molecular weight is 187 g/mol. The van der Waals surface area contributed by atoms with E-state index in [1.165, 1.54) is 16.0 Å².